The van der Waals surface area contributed by atoms with Crippen LogP contribution in [0.5, 0.6) is 5.75 Å². The van der Waals surface area contributed by atoms with Crippen LogP contribution in [0.3, 0.4) is 0 Å². The molecule has 1 aliphatic rings. The molecule has 0 fully saturated rings. The van der Waals surface area contributed by atoms with Crippen LogP contribution >= 0.6 is 15.9 Å². The highest BCUT2D eigenvalue weighted by Crippen LogP contribution is 2.32. The third kappa shape index (κ3) is 3.50. The summed E-state index contributed by atoms with van der Waals surface area (Å²) in [6, 6.07) is 14.0. The molecule has 0 radical (unpaired) electrons. The maximum absolute atomic E-state index is 12.3. The van der Waals surface area contributed by atoms with Gasteiger partial charge < -0.3 is 10.1 Å². The molecule has 2 aromatic rings. The number of ether oxygens (including phenoxy) is 1. The van der Waals surface area contributed by atoms with Crippen LogP contribution in [0.25, 0.3) is 0 Å². The van der Waals surface area contributed by atoms with Gasteiger partial charge in [0.25, 0.3) is 0 Å². The lowest BCUT2D eigenvalue weighted by Gasteiger charge is -2.27. The number of nitrogens with one attached hydrogen (secondary N) is 1. The fourth-order valence-corrected chi connectivity index (χ4v) is 2.96. The van der Waals surface area contributed by atoms with Crippen molar-refractivity contribution in [2.45, 2.75) is 25.8 Å². The van der Waals surface area contributed by atoms with E-state index in [1.165, 1.54) is 5.56 Å². The van der Waals surface area contributed by atoms with Crippen LogP contribution in [0, 0.1) is 6.92 Å². The van der Waals surface area contributed by atoms with E-state index in [0.29, 0.717) is 13.0 Å². The van der Waals surface area contributed by atoms with E-state index in [-0.39, 0.29) is 11.9 Å². The zero-order valence-electron chi connectivity index (χ0n) is 12.4. The van der Waals surface area contributed by atoms with Gasteiger partial charge in [0.05, 0.1) is 19.1 Å². The number of carbonyl (C=O) groups excluding carboxylic acids is 1. The first-order valence-corrected chi connectivity index (χ1v) is 8.18. The van der Waals surface area contributed by atoms with E-state index in [9.17, 15) is 4.79 Å². The number of fused-ring (bicyclic) bond motifs is 1. The van der Waals surface area contributed by atoms with Gasteiger partial charge in [0.2, 0.25) is 5.91 Å². The van der Waals surface area contributed by atoms with Crippen LogP contribution in [-0.4, -0.2) is 12.5 Å². The minimum Gasteiger partial charge on any atom is -0.493 e. The first-order valence-electron chi connectivity index (χ1n) is 7.39. The Hall–Kier alpha value is -1.81. The third-order valence-electron chi connectivity index (χ3n) is 3.82. The van der Waals surface area contributed by atoms with Crippen molar-refractivity contribution in [2.24, 2.45) is 0 Å². The molecule has 0 aliphatic carbocycles. The van der Waals surface area contributed by atoms with Crippen molar-refractivity contribution < 1.29 is 9.53 Å². The number of carbonyl (C=O) groups is 1. The second-order valence-corrected chi connectivity index (χ2v) is 6.52. The quantitative estimate of drug-likeness (QED) is 0.901. The van der Waals surface area contributed by atoms with Gasteiger partial charge in [-0.25, -0.2) is 0 Å². The maximum atomic E-state index is 12.3. The van der Waals surface area contributed by atoms with Crippen LogP contribution in [0.4, 0.5) is 0 Å². The summed E-state index contributed by atoms with van der Waals surface area (Å²) in [4.78, 5) is 12.3. The molecule has 1 N–H and O–H groups in total. The molecule has 22 heavy (non-hydrogen) atoms. The molecule has 1 unspecified atom stereocenters. The molecule has 2 aromatic carbocycles. The highest BCUT2D eigenvalue weighted by molar-refractivity contribution is 9.10. The standard InChI is InChI=1S/C18H18BrNO2/c1-12-2-7-17-15(10-12)16(8-9-22-17)20-18(21)11-13-3-5-14(19)6-4-13/h2-7,10,16H,8-9,11H2,1H3,(H,20,21). The van der Waals surface area contributed by atoms with Crippen molar-refractivity contribution in [3.8, 4) is 5.75 Å². The first-order chi connectivity index (χ1) is 10.6. The van der Waals surface area contributed by atoms with Crippen LogP contribution in [-0.2, 0) is 11.2 Å². The van der Waals surface area contributed by atoms with Gasteiger partial charge in [-0.15, -0.1) is 0 Å². The SMILES string of the molecule is Cc1ccc2c(c1)C(NC(=O)Cc1ccc(Br)cc1)CCO2. The van der Waals surface area contributed by atoms with E-state index in [0.717, 1.165) is 27.8 Å². The Kier molecular flexibility index (Phi) is 4.48. The molecule has 0 saturated carbocycles. The molecule has 0 aromatic heterocycles. The maximum Gasteiger partial charge on any atom is 0.224 e. The van der Waals surface area contributed by atoms with Crippen LogP contribution in [0.1, 0.15) is 29.2 Å². The molecule has 3 nitrogen and oxygen atoms in total. The Morgan fingerprint density at radius 3 is 2.82 bits per heavy atom. The molecule has 3 rings (SSSR count). The summed E-state index contributed by atoms with van der Waals surface area (Å²) in [5.41, 5.74) is 3.27. The van der Waals surface area contributed by atoms with Crippen LogP contribution in [0.15, 0.2) is 46.9 Å². The lowest BCUT2D eigenvalue weighted by molar-refractivity contribution is -0.121. The fraction of sp³-hybridized carbons (Fsp3) is 0.278. The number of amides is 1. The average molecular weight is 360 g/mol. The normalized spacial score (nSPS) is 16.5. The summed E-state index contributed by atoms with van der Waals surface area (Å²) < 4.78 is 6.68. The Balaban J connectivity index is 1.70. The molecule has 0 saturated heterocycles. The Morgan fingerprint density at radius 1 is 1.27 bits per heavy atom. The lowest BCUT2D eigenvalue weighted by atomic mass is 9.98. The summed E-state index contributed by atoms with van der Waals surface area (Å²) in [6.07, 6.45) is 1.20. The lowest BCUT2D eigenvalue weighted by Crippen LogP contribution is -2.33. The van der Waals surface area contributed by atoms with Gasteiger partial charge in [-0.1, -0.05) is 45.8 Å². The van der Waals surface area contributed by atoms with E-state index < -0.39 is 0 Å². The highest BCUT2D eigenvalue weighted by Gasteiger charge is 2.23. The Labute approximate surface area is 138 Å². The second-order valence-electron chi connectivity index (χ2n) is 5.60. The minimum absolute atomic E-state index is 0.0339. The molecule has 0 spiro atoms. The van der Waals surface area contributed by atoms with Gasteiger partial charge in [-0.3, -0.25) is 4.79 Å². The number of hydrogen-bond acceptors (Lipinski definition) is 2. The van der Waals surface area contributed by atoms with E-state index in [4.69, 9.17) is 4.74 Å². The van der Waals surface area contributed by atoms with Gasteiger partial charge in [-0.2, -0.15) is 0 Å². The van der Waals surface area contributed by atoms with Crippen molar-refractivity contribution in [3.63, 3.8) is 0 Å². The molecule has 114 valence electrons. The molecule has 1 aliphatic heterocycles. The molecule has 1 heterocycles. The fourth-order valence-electron chi connectivity index (χ4n) is 2.70. The van der Waals surface area contributed by atoms with Gasteiger partial charge in [0.15, 0.2) is 0 Å². The first kappa shape index (κ1) is 15.1. The molecule has 0 bridgehead atoms. The Bertz CT molecular complexity index is 682. The van der Waals surface area contributed by atoms with Crippen LogP contribution < -0.4 is 10.1 Å². The van der Waals surface area contributed by atoms with Crippen LogP contribution in [0.2, 0.25) is 0 Å². The average Bonchev–Trinajstić information content (AvgIpc) is 2.50. The van der Waals surface area contributed by atoms with Gasteiger partial charge in [-0.05, 0) is 30.7 Å². The molecule has 1 amide bonds. The summed E-state index contributed by atoms with van der Waals surface area (Å²) in [7, 11) is 0. The third-order valence-corrected chi connectivity index (χ3v) is 4.35. The van der Waals surface area contributed by atoms with Gasteiger partial charge in [0, 0.05) is 16.5 Å². The van der Waals surface area contributed by atoms with Gasteiger partial charge in [0.1, 0.15) is 5.75 Å². The summed E-state index contributed by atoms with van der Waals surface area (Å²) in [5, 5.41) is 3.13. The molecule has 1 atom stereocenters. The molecular formula is C18H18BrNO2. The van der Waals surface area contributed by atoms with Crippen molar-refractivity contribution in [3.05, 3.63) is 63.6 Å². The second kappa shape index (κ2) is 6.53. The smallest absolute Gasteiger partial charge is 0.224 e. The summed E-state index contributed by atoms with van der Waals surface area (Å²) in [6.45, 7) is 2.69. The summed E-state index contributed by atoms with van der Waals surface area (Å²) in [5.74, 6) is 0.924. The number of hydrogen-bond donors (Lipinski definition) is 1. The van der Waals surface area contributed by atoms with Crippen molar-refractivity contribution in [2.75, 3.05) is 6.61 Å². The number of halogens is 1. The number of rotatable bonds is 3. The van der Waals surface area contributed by atoms with E-state index in [1.54, 1.807) is 0 Å². The van der Waals surface area contributed by atoms with E-state index >= 15 is 0 Å². The predicted octanol–water partition coefficient (Wildman–Crippen LogP) is 3.94. The minimum atomic E-state index is 0.0339. The monoisotopic (exact) mass is 359 g/mol. The van der Waals surface area contributed by atoms with Crippen molar-refractivity contribution in [1.29, 1.82) is 0 Å². The Morgan fingerprint density at radius 2 is 2.05 bits per heavy atom. The summed E-state index contributed by atoms with van der Waals surface area (Å²) >= 11 is 3.40. The topological polar surface area (TPSA) is 38.3 Å². The van der Waals surface area contributed by atoms with Crippen molar-refractivity contribution in [1.82, 2.24) is 5.32 Å². The number of aryl methyl sites for hydroxylation is 1. The number of benzene rings is 2. The van der Waals surface area contributed by atoms with E-state index in [2.05, 4.69) is 34.2 Å². The van der Waals surface area contributed by atoms with Gasteiger partial charge >= 0.3 is 0 Å². The highest BCUT2D eigenvalue weighted by atomic mass is 79.9. The zero-order chi connectivity index (χ0) is 15.5. The van der Waals surface area contributed by atoms with Crippen molar-refractivity contribution >= 4 is 21.8 Å². The molecule has 4 heteroatoms. The predicted molar refractivity (Wildman–Crippen MR) is 90.0 cm³/mol. The largest absolute Gasteiger partial charge is 0.493 e. The zero-order valence-corrected chi connectivity index (χ0v) is 14.0. The van der Waals surface area contributed by atoms with E-state index in [1.807, 2.05) is 36.4 Å². The molecular weight excluding hydrogens is 342 g/mol.